The van der Waals surface area contributed by atoms with Crippen molar-refractivity contribution in [1.29, 1.82) is 0 Å². The third-order valence-electron chi connectivity index (χ3n) is 2.95. The first-order valence-corrected chi connectivity index (χ1v) is 6.35. The van der Waals surface area contributed by atoms with Crippen LogP contribution in [0.1, 0.15) is 11.1 Å². The van der Waals surface area contributed by atoms with Crippen molar-refractivity contribution >= 4 is 11.4 Å². The van der Waals surface area contributed by atoms with Gasteiger partial charge < -0.3 is 10.1 Å². The predicted octanol–water partition coefficient (Wildman–Crippen LogP) is 3.49. The minimum Gasteiger partial charge on any atom is -0.380 e. The zero-order valence-corrected chi connectivity index (χ0v) is 11.5. The van der Waals surface area contributed by atoms with E-state index in [1.54, 1.807) is 7.11 Å². The third kappa shape index (κ3) is 3.76. The van der Waals surface area contributed by atoms with Crippen LogP contribution in [0.3, 0.4) is 0 Å². The van der Waals surface area contributed by atoms with Gasteiger partial charge >= 0.3 is 5.69 Å². The maximum absolute atomic E-state index is 13.5. The summed E-state index contributed by atoms with van der Waals surface area (Å²) in [6, 6.07) is 11.6. The summed E-state index contributed by atoms with van der Waals surface area (Å²) in [5, 5.41) is 13.8. The second kappa shape index (κ2) is 6.81. The lowest BCUT2D eigenvalue weighted by molar-refractivity contribution is -0.386. The third-order valence-corrected chi connectivity index (χ3v) is 2.95. The SMILES string of the molecule is COCc1cccc(CNc2cccc(F)c2[N+](=O)[O-])c1. The summed E-state index contributed by atoms with van der Waals surface area (Å²) >= 11 is 0. The normalized spacial score (nSPS) is 10.4. The van der Waals surface area contributed by atoms with Crippen LogP contribution in [0.15, 0.2) is 42.5 Å². The number of methoxy groups -OCH3 is 1. The number of nitro groups is 1. The fraction of sp³-hybridized carbons (Fsp3) is 0.200. The summed E-state index contributed by atoms with van der Waals surface area (Å²) in [7, 11) is 1.61. The van der Waals surface area contributed by atoms with Crippen LogP contribution in [-0.4, -0.2) is 12.0 Å². The number of hydrogen-bond acceptors (Lipinski definition) is 4. The average Bonchev–Trinajstić information content (AvgIpc) is 2.45. The highest BCUT2D eigenvalue weighted by molar-refractivity contribution is 5.62. The topological polar surface area (TPSA) is 64.4 Å². The average molecular weight is 290 g/mol. The Hall–Kier alpha value is -2.47. The van der Waals surface area contributed by atoms with E-state index in [4.69, 9.17) is 4.74 Å². The number of halogens is 1. The van der Waals surface area contributed by atoms with Crippen LogP contribution in [0.25, 0.3) is 0 Å². The first-order chi connectivity index (χ1) is 10.1. The van der Waals surface area contributed by atoms with E-state index in [9.17, 15) is 14.5 Å². The highest BCUT2D eigenvalue weighted by atomic mass is 19.1. The van der Waals surface area contributed by atoms with Crippen molar-refractivity contribution in [3.63, 3.8) is 0 Å². The lowest BCUT2D eigenvalue weighted by Crippen LogP contribution is -2.04. The molecule has 0 heterocycles. The van der Waals surface area contributed by atoms with E-state index in [1.165, 1.54) is 12.1 Å². The van der Waals surface area contributed by atoms with Gasteiger partial charge in [0.25, 0.3) is 0 Å². The van der Waals surface area contributed by atoms with Crippen LogP contribution in [0.4, 0.5) is 15.8 Å². The summed E-state index contributed by atoms with van der Waals surface area (Å²) in [5.74, 6) is -0.849. The summed E-state index contributed by atoms with van der Waals surface area (Å²) in [4.78, 5) is 10.2. The van der Waals surface area contributed by atoms with Crippen molar-refractivity contribution in [2.24, 2.45) is 0 Å². The van der Waals surface area contributed by atoms with Gasteiger partial charge in [0.1, 0.15) is 5.69 Å². The molecule has 0 aliphatic carbocycles. The van der Waals surface area contributed by atoms with Gasteiger partial charge in [-0.15, -0.1) is 0 Å². The van der Waals surface area contributed by atoms with Gasteiger partial charge in [0.2, 0.25) is 5.82 Å². The molecule has 1 N–H and O–H groups in total. The summed E-state index contributed by atoms with van der Waals surface area (Å²) in [5.41, 5.74) is 1.57. The van der Waals surface area contributed by atoms with Crippen molar-refractivity contribution in [2.45, 2.75) is 13.2 Å². The Morgan fingerprint density at radius 3 is 2.67 bits per heavy atom. The number of benzene rings is 2. The first-order valence-electron chi connectivity index (χ1n) is 6.35. The Morgan fingerprint density at radius 1 is 1.24 bits per heavy atom. The number of nitrogens with one attached hydrogen (secondary N) is 1. The summed E-state index contributed by atoms with van der Waals surface area (Å²) < 4.78 is 18.5. The minimum absolute atomic E-state index is 0.164. The molecular formula is C15H15FN2O3. The molecule has 0 aliphatic heterocycles. The predicted molar refractivity (Wildman–Crippen MR) is 77.5 cm³/mol. The number of hydrogen-bond donors (Lipinski definition) is 1. The smallest absolute Gasteiger partial charge is 0.327 e. The molecule has 0 saturated carbocycles. The zero-order chi connectivity index (χ0) is 15.2. The van der Waals surface area contributed by atoms with E-state index < -0.39 is 16.4 Å². The van der Waals surface area contributed by atoms with Gasteiger partial charge in [0.15, 0.2) is 0 Å². The second-order valence-corrected chi connectivity index (χ2v) is 4.50. The number of anilines is 1. The Balaban J connectivity index is 2.15. The molecule has 110 valence electrons. The molecule has 0 fully saturated rings. The van der Waals surface area contributed by atoms with Crippen LogP contribution in [0, 0.1) is 15.9 Å². The Kier molecular flexibility index (Phi) is 4.84. The van der Waals surface area contributed by atoms with Crippen LogP contribution in [0.2, 0.25) is 0 Å². The lowest BCUT2D eigenvalue weighted by Gasteiger charge is -2.09. The largest absolute Gasteiger partial charge is 0.380 e. The standard InChI is InChI=1S/C15H15FN2O3/c1-21-10-12-5-2-4-11(8-12)9-17-14-7-3-6-13(16)15(14)18(19)20/h2-8,17H,9-10H2,1H3. The maximum Gasteiger partial charge on any atom is 0.327 e. The molecule has 0 radical (unpaired) electrons. The molecule has 2 aromatic rings. The molecule has 0 amide bonds. The van der Waals surface area contributed by atoms with E-state index in [2.05, 4.69) is 5.32 Å². The number of rotatable bonds is 6. The molecule has 0 spiro atoms. The highest BCUT2D eigenvalue weighted by Crippen LogP contribution is 2.27. The van der Waals surface area contributed by atoms with Gasteiger partial charge in [-0.05, 0) is 23.3 Å². The van der Waals surface area contributed by atoms with E-state index in [0.717, 1.165) is 17.2 Å². The molecular weight excluding hydrogens is 275 g/mol. The molecule has 0 unspecified atom stereocenters. The van der Waals surface area contributed by atoms with E-state index >= 15 is 0 Å². The monoisotopic (exact) mass is 290 g/mol. The van der Waals surface area contributed by atoms with Crippen molar-refractivity contribution in [2.75, 3.05) is 12.4 Å². The molecule has 0 bridgehead atoms. The minimum atomic E-state index is -0.849. The van der Waals surface area contributed by atoms with Crippen LogP contribution in [-0.2, 0) is 17.9 Å². The number of nitro benzene ring substituents is 1. The van der Waals surface area contributed by atoms with Gasteiger partial charge in [-0.2, -0.15) is 4.39 Å². The molecule has 0 aliphatic rings. The Morgan fingerprint density at radius 2 is 1.95 bits per heavy atom. The first kappa shape index (κ1) is 14.9. The molecule has 0 aromatic heterocycles. The van der Waals surface area contributed by atoms with Gasteiger partial charge in [-0.25, -0.2) is 0 Å². The molecule has 6 heteroatoms. The van der Waals surface area contributed by atoms with Crippen LogP contribution < -0.4 is 5.32 Å². The van der Waals surface area contributed by atoms with Gasteiger partial charge in [0, 0.05) is 13.7 Å². The number of nitrogens with zero attached hydrogens (tertiary/aromatic N) is 1. The molecule has 5 nitrogen and oxygen atoms in total. The van der Waals surface area contributed by atoms with E-state index in [-0.39, 0.29) is 5.69 Å². The maximum atomic E-state index is 13.5. The Labute approximate surface area is 121 Å². The fourth-order valence-electron chi connectivity index (χ4n) is 2.04. The number of ether oxygens (including phenoxy) is 1. The van der Waals surface area contributed by atoms with Crippen molar-refractivity contribution < 1.29 is 14.1 Å². The van der Waals surface area contributed by atoms with Crippen molar-refractivity contribution in [3.8, 4) is 0 Å². The van der Waals surface area contributed by atoms with E-state index in [1.807, 2.05) is 24.3 Å². The second-order valence-electron chi connectivity index (χ2n) is 4.50. The zero-order valence-electron chi connectivity index (χ0n) is 11.5. The lowest BCUT2D eigenvalue weighted by atomic mass is 10.1. The van der Waals surface area contributed by atoms with Crippen LogP contribution >= 0.6 is 0 Å². The molecule has 21 heavy (non-hydrogen) atoms. The molecule has 0 atom stereocenters. The van der Waals surface area contributed by atoms with Gasteiger partial charge in [-0.1, -0.05) is 30.3 Å². The van der Waals surface area contributed by atoms with Gasteiger partial charge in [-0.3, -0.25) is 10.1 Å². The van der Waals surface area contributed by atoms with Gasteiger partial charge in [0.05, 0.1) is 11.5 Å². The molecule has 0 saturated heterocycles. The Bertz CT molecular complexity index is 647. The van der Waals surface area contributed by atoms with Crippen molar-refractivity contribution in [1.82, 2.24) is 0 Å². The highest BCUT2D eigenvalue weighted by Gasteiger charge is 2.19. The number of para-hydroxylation sites is 1. The quantitative estimate of drug-likeness (QED) is 0.653. The van der Waals surface area contributed by atoms with Crippen LogP contribution in [0.5, 0.6) is 0 Å². The van der Waals surface area contributed by atoms with Crippen molar-refractivity contribution in [3.05, 3.63) is 69.5 Å². The fourth-order valence-corrected chi connectivity index (χ4v) is 2.04. The molecule has 2 rings (SSSR count). The summed E-state index contributed by atoms with van der Waals surface area (Å²) in [6.07, 6.45) is 0. The van der Waals surface area contributed by atoms with E-state index in [0.29, 0.717) is 13.2 Å². The molecule has 2 aromatic carbocycles. The summed E-state index contributed by atoms with van der Waals surface area (Å²) in [6.45, 7) is 0.857.